The summed E-state index contributed by atoms with van der Waals surface area (Å²) < 4.78 is 38.7. The quantitative estimate of drug-likeness (QED) is 0.0561. The van der Waals surface area contributed by atoms with E-state index in [1.165, 1.54) is 49.6 Å². The Kier molecular flexibility index (Phi) is 11.0. The fourth-order valence-corrected chi connectivity index (χ4v) is 5.82. The van der Waals surface area contributed by atoms with Gasteiger partial charge in [0.05, 0.1) is 20.3 Å². The molecule has 3 aromatic carbocycles. The number of benzene rings is 3. The van der Waals surface area contributed by atoms with Crippen molar-refractivity contribution in [3.63, 3.8) is 0 Å². The molecule has 0 bridgehead atoms. The second-order valence-corrected chi connectivity index (χ2v) is 12.5. The average Bonchev–Trinajstić information content (AvgIpc) is 3.42. The molecule has 9 N–H and O–H groups in total. The van der Waals surface area contributed by atoms with Crippen LogP contribution in [-0.2, 0) is 23.7 Å². The van der Waals surface area contributed by atoms with E-state index in [2.05, 4.69) is 0 Å². The van der Waals surface area contributed by atoms with Crippen molar-refractivity contribution in [3.8, 4) is 45.8 Å². The maximum atomic E-state index is 12.9. The third kappa shape index (κ3) is 7.77. The monoisotopic (exact) mass is 756 g/mol. The number of hydrogen-bond acceptors (Lipinski definition) is 18. The van der Waals surface area contributed by atoms with Crippen LogP contribution in [0.3, 0.4) is 0 Å². The van der Waals surface area contributed by atoms with Crippen molar-refractivity contribution < 1.29 is 83.6 Å². The number of hydrogen-bond donors (Lipinski definition) is 9. The summed E-state index contributed by atoms with van der Waals surface area (Å²) in [6, 6.07) is 11.3. The zero-order chi connectivity index (χ0) is 38.9. The molecule has 0 amide bonds. The van der Waals surface area contributed by atoms with Crippen molar-refractivity contribution in [2.24, 2.45) is 0 Å². The fourth-order valence-electron chi connectivity index (χ4n) is 5.82. The van der Waals surface area contributed by atoms with E-state index >= 15 is 0 Å². The summed E-state index contributed by atoms with van der Waals surface area (Å²) in [5.74, 6) is -2.58. The maximum Gasteiger partial charge on any atom is 0.330 e. The zero-order valence-corrected chi connectivity index (χ0v) is 28.2. The summed E-state index contributed by atoms with van der Waals surface area (Å²) in [4.78, 5) is 25.3. The molecule has 0 unspecified atom stereocenters. The van der Waals surface area contributed by atoms with Gasteiger partial charge < -0.3 is 78.8 Å². The molecule has 54 heavy (non-hydrogen) atoms. The molecule has 2 saturated heterocycles. The molecular formula is C36H36O18. The highest BCUT2D eigenvalue weighted by Gasteiger charge is 2.54. The van der Waals surface area contributed by atoms with E-state index in [0.29, 0.717) is 5.56 Å². The van der Waals surface area contributed by atoms with Gasteiger partial charge in [0, 0.05) is 29.8 Å². The van der Waals surface area contributed by atoms with Crippen LogP contribution in [0, 0.1) is 0 Å². The summed E-state index contributed by atoms with van der Waals surface area (Å²) in [5.41, 5.74) is -2.38. The number of rotatable bonds is 11. The Balaban J connectivity index is 1.18. The Hall–Kier alpha value is -5.44. The van der Waals surface area contributed by atoms with Crippen LogP contribution in [0.25, 0.3) is 28.4 Å². The highest BCUT2D eigenvalue weighted by atomic mass is 16.8. The lowest BCUT2D eigenvalue weighted by molar-refractivity contribution is -0.318. The Morgan fingerprint density at radius 2 is 1.69 bits per heavy atom. The minimum Gasteiger partial charge on any atom is -0.507 e. The van der Waals surface area contributed by atoms with E-state index in [1.54, 1.807) is 0 Å². The summed E-state index contributed by atoms with van der Waals surface area (Å²) in [6.07, 6.45) is -9.62. The van der Waals surface area contributed by atoms with E-state index in [0.717, 1.165) is 24.3 Å². The number of ether oxygens (including phenoxy) is 6. The number of aromatic hydroxyl groups is 4. The minimum atomic E-state index is -2.20. The number of carbonyl (C=O) groups is 1. The molecule has 6 rings (SSSR count). The lowest BCUT2D eigenvalue weighted by atomic mass is 9.98. The lowest BCUT2D eigenvalue weighted by Crippen LogP contribution is -2.62. The molecule has 0 radical (unpaired) electrons. The van der Waals surface area contributed by atoms with Gasteiger partial charge in [0.15, 0.2) is 46.4 Å². The summed E-state index contributed by atoms with van der Waals surface area (Å²) in [5, 5.41) is 93.3. The Morgan fingerprint density at radius 3 is 2.41 bits per heavy atom. The number of esters is 1. The molecule has 2 aliphatic rings. The standard InChI is InChI=1S/C36H36O18/c1-48-25-8-16(2-5-20(25)39)3-7-28(43)49-14-36(47)15-50-35(33(36)46)54-32-31(45)30(44)27(13-37)53-34(32)51-18-10-22(41)29-23(42)12-24(52-26(29)11-18)17-4-6-19(38)21(40)9-17/h2-12,27,30-35,37-41,44-47H,13-15H2,1H3/t27-,30-,31+,32-,33+,34-,35+,36-/m1/s1. The van der Waals surface area contributed by atoms with Gasteiger partial charge in [0.1, 0.15) is 59.3 Å². The zero-order valence-electron chi connectivity index (χ0n) is 28.2. The molecule has 3 heterocycles. The molecule has 1 aromatic heterocycles. The molecule has 288 valence electrons. The fraction of sp³-hybridized carbons (Fsp3) is 0.333. The normalized spacial score (nSPS) is 27.0. The van der Waals surface area contributed by atoms with Gasteiger partial charge >= 0.3 is 5.97 Å². The van der Waals surface area contributed by atoms with Crippen LogP contribution >= 0.6 is 0 Å². The van der Waals surface area contributed by atoms with Crippen LogP contribution in [0.1, 0.15) is 5.56 Å². The van der Waals surface area contributed by atoms with E-state index in [9.17, 15) is 55.5 Å². The molecule has 4 aromatic rings. The van der Waals surface area contributed by atoms with E-state index in [4.69, 9.17) is 32.8 Å². The second-order valence-electron chi connectivity index (χ2n) is 12.5. The molecule has 0 aliphatic carbocycles. The van der Waals surface area contributed by atoms with E-state index < -0.39 is 97.2 Å². The first-order chi connectivity index (χ1) is 25.7. The first-order valence-electron chi connectivity index (χ1n) is 16.2. The molecule has 0 spiro atoms. The summed E-state index contributed by atoms with van der Waals surface area (Å²) >= 11 is 0. The van der Waals surface area contributed by atoms with Crippen molar-refractivity contribution >= 4 is 23.0 Å². The van der Waals surface area contributed by atoms with Crippen LogP contribution in [0.2, 0.25) is 0 Å². The Morgan fingerprint density at radius 1 is 0.926 bits per heavy atom. The highest BCUT2D eigenvalue weighted by Crippen LogP contribution is 2.37. The summed E-state index contributed by atoms with van der Waals surface area (Å²) in [6.45, 7) is -2.16. The number of methoxy groups -OCH3 is 1. The van der Waals surface area contributed by atoms with Crippen LogP contribution in [0.15, 0.2) is 69.9 Å². The lowest BCUT2D eigenvalue weighted by Gasteiger charge is -2.42. The van der Waals surface area contributed by atoms with Gasteiger partial charge in [-0.05, 0) is 42.0 Å². The van der Waals surface area contributed by atoms with Crippen molar-refractivity contribution in [2.75, 3.05) is 26.9 Å². The maximum absolute atomic E-state index is 12.9. The smallest absolute Gasteiger partial charge is 0.330 e. The number of fused-ring (bicyclic) bond motifs is 1. The SMILES string of the molecule is COc1cc(C=CC(=O)OC[C@@]2(O)CO[C@@H](O[C@H]3[C@H](Oc4cc(O)c5c(=O)cc(-c6ccc(O)c(O)c6)oc5c4)O[C@H](CO)[C@@H](O)[C@@H]3O)[C@@H]2O)ccc1O. The topological polar surface area (TPSA) is 285 Å². The van der Waals surface area contributed by atoms with Gasteiger partial charge in [-0.3, -0.25) is 4.79 Å². The Bertz CT molecular complexity index is 2100. The molecular weight excluding hydrogens is 720 g/mol. The van der Waals surface area contributed by atoms with Gasteiger partial charge in [-0.2, -0.15) is 0 Å². The average molecular weight is 757 g/mol. The van der Waals surface area contributed by atoms with Crippen LogP contribution in [0.5, 0.6) is 34.5 Å². The first-order valence-corrected chi connectivity index (χ1v) is 16.2. The van der Waals surface area contributed by atoms with Gasteiger partial charge in [0.2, 0.25) is 6.29 Å². The predicted molar refractivity (Wildman–Crippen MR) is 182 cm³/mol. The van der Waals surface area contributed by atoms with Crippen molar-refractivity contribution in [3.05, 3.63) is 76.5 Å². The number of aliphatic hydroxyl groups is 5. The van der Waals surface area contributed by atoms with Crippen LogP contribution in [-0.4, -0.2) is 128 Å². The number of phenols is 4. The molecule has 18 nitrogen and oxygen atoms in total. The minimum absolute atomic E-state index is 0.0482. The third-order valence-electron chi connectivity index (χ3n) is 8.80. The number of carbonyl (C=O) groups excluding carboxylic acids is 1. The van der Waals surface area contributed by atoms with Gasteiger partial charge in [-0.25, -0.2) is 4.79 Å². The highest BCUT2D eigenvalue weighted by molar-refractivity contribution is 5.87. The van der Waals surface area contributed by atoms with Crippen molar-refractivity contribution in [1.29, 1.82) is 0 Å². The predicted octanol–water partition coefficient (Wildman–Crippen LogP) is 0.199. The third-order valence-corrected chi connectivity index (χ3v) is 8.80. The molecule has 18 heteroatoms. The molecule has 2 aliphatic heterocycles. The Labute approximate surface area is 304 Å². The molecule has 8 atom stereocenters. The van der Waals surface area contributed by atoms with Gasteiger partial charge in [0.25, 0.3) is 0 Å². The van der Waals surface area contributed by atoms with Crippen LogP contribution in [0.4, 0.5) is 0 Å². The van der Waals surface area contributed by atoms with E-state index in [1.807, 2.05) is 0 Å². The number of phenolic OH excluding ortho intramolecular Hbond substituents is 4. The van der Waals surface area contributed by atoms with Crippen LogP contribution < -0.4 is 14.9 Å². The largest absolute Gasteiger partial charge is 0.507 e. The first kappa shape index (κ1) is 38.3. The van der Waals surface area contributed by atoms with Crippen molar-refractivity contribution in [1.82, 2.24) is 0 Å². The second kappa shape index (κ2) is 15.5. The summed E-state index contributed by atoms with van der Waals surface area (Å²) in [7, 11) is 1.36. The van der Waals surface area contributed by atoms with E-state index in [-0.39, 0.29) is 39.5 Å². The van der Waals surface area contributed by atoms with Gasteiger partial charge in [-0.15, -0.1) is 0 Å². The molecule has 0 saturated carbocycles. The van der Waals surface area contributed by atoms with Crippen molar-refractivity contribution in [2.45, 2.75) is 48.7 Å². The molecule has 2 fully saturated rings. The van der Waals surface area contributed by atoms with Gasteiger partial charge in [-0.1, -0.05) is 6.07 Å². The number of aliphatic hydroxyl groups excluding tert-OH is 4.